The summed E-state index contributed by atoms with van der Waals surface area (Å²) in [5.41, 5.74) is 1.01. The van der Waals surface area contributed by atoms with E-state index >= 15 is 0 Å². The molecule has 1 fully saturated rings. The van der Waals surface area contributed by atoms with E-state index in [9.17, 15) is 4.79 Å². The lowest BCUT2D eigenvalue weighted by Crippen LogP contribution is -2.46. The zero-order valence-corrected chi connectivity index (χ0v) is 11.3. The molecule has 1 aliphatic heterocycles. The lowest BCUT2D eigenvalue weighted by atomic mass is 10.3. The maximum Gasteiger partial charge on any atom is 0.317 e. The first-order valence-electron chi connectivity index (χ1n) is 6.02. The fourth-order valence-corrected chi connectivity index (χ4v) is 2.42. The fourth-order valence-electron chi connectivity index (χ4n) is 1.71. The van der Waals surface area contributed by atoms with Crippen LogP contribution in [0, 0.1) is 0 Å². The van der Waals surface area contributed by atoms with Crippen LogP contribution in [-0.4, -0.2) is 55.8 Å². The molecule has 0 unspecified atom stereocenters. The summed E-state index contributed by atoms with van der Waals surface area (Å²) in [6, 6.07) is -0.0117. The number of carbonyl (C=O) groups excluding carboxylic acids is 1. The molecule has 0 radical (unpaired) electrons. The van der Waals surface area contributed by atoms with Crippen molar-refractivity contribution in [2.24, 2.45) is 0 Å². The van der Waals surface area contributed by atoms with E-state index < -0.39 is 0 Å². The molecular formula is C11H18N4O2S. The number of hydrogen-bond acceptors (Lipinski definition) is 5. The molecule has 1 aromatic heterocycles. The minimum absolute atomic E-state index is 0.0117. The molecule has 1 saturated heterocycles. The molecule has 0 aliphatic carbocycles. The van der Waals surface area contributed by atoms with Crippen LogP contribution in [0.25, 0.3) is 0 Å². The number of aromatic nitrogens is 1. The van der Waals surface area contributed by atoms with Crippen LogP contribution in [0.5, 0.6) is 0 Å². The minimum Gasteiger partial charge on any atom is -0.378 e. The van der Waals surface area contributed by atoms with E-state index in [1.807, 2.05) is 12.4 Å². The standard InChI is InChI=1S/C11H18N4O2S/c1-12-10-14-9(8-18-10)2-3-13-11(16)15-4-6-17-7-5-15/h8H,2-7H2,1H3,(H,12,14)(H,13,16). The Balaban J connectivity index is 1.69. The molecule has 2 N–H and O–H groups in total. The van der Waals surface area contributed by atoms with Gasteiger partial charge in [0, 0.05) is 38.5 Å². The Hall–Kier alpha value is -1.34. The Morgan fingerprint density at radius 2 is 2.33 bits per heavy atom. The lowest BCUT2D eigenvalue weighted by Gasteiger charge is -2.26. The molecule has 0 spiro atoms. The van der Waals surface area contributed by atoms with Crippen molar-refractivity contribution in [3.05, 3.63) is 11.1 Å². The smallest absolute Gasteiger partial charge is 0.317 e. The Kier molecular flexibility index (Phi) is 4.77. The maximum atomic E-state index is 11.8. The molecule has 2 amide bonds. The van der Waals surface area contributed by atoms with Crippen LogP contribution in [0.3, 0.4) is 0 Å². The van der Waals surface area contributed by atoms with Gasteiger partial charge in [0.2, 0.25) is 0 Å². The highest BCUT2D eigenvalue weighted by Crippen LogP contribution is 2.14. The van der Waals surface area contributed by atoms with E-state index in [-0.39, 0.29) is 6.03 Å². The average Bonchev–Trinajstić information content (AvgIpc) is 2.87. The van der Waals surface area contributed by atoms with E-state index in [4.69, 9.17) is 4.74 Å². The van der Waals surface area contributed by atoms with Gasteiger partial charge in [-0.2, -0.15) is 0 Å². The predicted octanol–water partition coefficient (Wildman–Crippen LogP) is 0.769. The van der Waals surface area contributed by atoms with Crippen LogP contribution in [0.1, 0.15) is 5.69 Å². The molecule has 1 aliphatic rings. The van der Waals surface area contributed by atoms with Crippen LogP contribution >= 0.6 is 11.3 Å². The molecule has 0 aromatic carbocycles. The summed E-state index contributed by atoms with van der Waals surface area (Å²) in [6.45, 7) is 3.22. The molecule has 2 heterocycles. The maximum absolute atomic E-state index is 11.8. The van der Waals surface area contributed by atoms with Crippen molar-refractivity contribution in [1.29, 1.82) is 0 Å². The number of nitrogens with zero attached hydrogens (tertiary/aromatic N) is 2. The second-order valence-corrected chi connectivity index (χ2v) is 4.83. The van der Waals surface area contributed by atoms with Crippen molar-refractivity contribution >= 4 is 22.5 Å². The second-order valence-electron chi connectivity index (χ2n) is 3.98. The van der Waals surface area contributed by atoms with Crippen molar-refractivity contribution < 1.29 is 9.53 Å². The Bertz CT molecular complexity index is 390. The third kappa shape index (κ3) is 3.58. The number of amides is 2. The Morgan fingerprint density at radius 3 is 3.00 bits per heavy atom. The van der Waals surface area contributed by atoms with E-state index in [0.717, 1.165) is 17.2 Å². The van der Waals surface area contributed by atoms with E-state index in [1.54, 1.807) is 16.2 Å². The molecular weight excluding hydrogens is 252 g/mol. The highest BCUT2D eigenvalue weighted by Gasteiger charge is 2.15. The number of ether oxygens (including phenoxy) is 1. The third-order valence-electron chi connectivity index (χ3n) is 2.72. The number of anilines is 1. The number of hydrogen-bond donors (Lipinski definition) is 2. The summed E-state index contributed by atoms with van der Waals surface area (Å²) in [7, 11) is 1.85. The molecule has 0 atom stereocenters. The molecule has 100 valence electrons. The lowest BCUT2D eigenvalue weighted by molar-refractivity contribution is 0.0533. The molecule has 18 heavy (non-hydrogen) atoms. The highest BCUT2D eigenvalue weighted by molar-refractivity contribution is 7.13. The van der Waals surface area contributed by atoms with Crippen LogP contribution in [0.2, 0.25) is 0 Å². The number of carbonyl (C=O) groups is 1. The van der Waals surface area contributed by atoms with Gasteiger partial charge < -0.3 is 20.3 Å². The van der Waals surface area contributed by atoms with Crippen LogP contribution < -0.4 is 10.6 Å². The van der Waals surface area contributed by atoms with Gasteiger partial charge in [0.1, 0.15) is 0 Å². The largest absolute Gasteiger partial charge is 0.378 e. The number of urea groups is 1. The first-order chi connectivity index (χ1) is 8.79. The molecule has 0 saturated carbocycles. The van der Waals surface area contributed by atoms with E-state index in [1.165, 1.54) is 0 Å². The molecule has 2 rings (SSSR count). The zero-order valence-electron chi connectivity index (χ0n) is 10.4. The molecule has 6 nitrogen and oxygen atoms in total. The fraction of sp³-hybridized carbons (Fsp3) is 0.636. The summed E-state index contributed by atoms with van der Waals surface area (Å²) in [5.74, 6) is 0. The summed E-state index contributed by atoms with van der Waals surface area (Å²) in [4.78, 5) is 17.9. The van der Waals surface area contributed by atoms with Gasteiger partial charge in [-0.15, -0.1) is 11.3 Å². The van der Waals surface area contributed by atoms with Crippen molar-refractivity contribution in [2.45, 2.75) is 6.42 Å². The Labute approximate surface area is 110 Å². The topological polar surface area (TPSA) is 66.5 Å². The van der Waals surface area contributed by atoms with Crippen LogP contribution in [0.15, 0.2) is 5.38 Å². The van der Waals surface area contributed by atoms with Gasteiger partial charge >= 0.3 is 6.03 Å². The number of rotatable bonds is 4. The van der Waals surface area contributed by atoms with Gasteiger partial charge in [-0.1, -0.05) is 0 Å². The van der Waals surface area contributed by atoms with Gasteiger partial charge in [-0.3, -0.25) is 0 Å². The quantitative estimate of drug-likeness (QED) is 0.848. The molecule has 7 heteroatoms. The van der Waals surface area contributed by atoms with Crippen LogP contribution in [0.4, 0.5) is 9.93 Å². The normalized spacial score (nSPS) is 15.5. The second kappa shape index (κ2) is 6.55. The number of nitrogens with one attached hydrogen (secondary N) is 2. The van der Waals surface area contributed by atoms with Crippen LogP contribution in [-0.2, 0) is 11.2 Å². The van der Waals surface area contributed by atoms with Gasteiger partial charge in [0.15, 0.2) is 5.13 Å². The molecule has 1 aromatic rings. The zero-order chi connectivity index (χ0) is 12.8. The van der Waals surface area contributed by atoms with Gasteiger partial charge in [0.25, 0.3) is 0 Å². The predicted molar refractivity (Wildman–Crippen MR) is 71.2 cm³/mol. The summed E-state index contributed by atoms with van der Waals surface area (Å²) in [5, 5.41) is 8.81. The number of thiazole rings is 1. The monoisotopic (exact) mass is 270 g/mol. The van der Waals surface area contributed by atoms with Crippen molar-refractivity contribution in [2.75, 3.05) is 45.2 Å². The molecule has 0 bridgehead atoms. The third-order valence-corrected chi connectivity index (χ3v) is 3.63. The first-order valence-corrected chi connectivity index (χ1v) is 6.90. The summed E-state index contributed by atoms with van der Waals surface area (Å²) in [6.07, 6.45) is 0.758. The minimum atomic E-state index is -0.0117. The van der Waals surface area contributed by atoms with Gasteiger partial charge in [-0.25, -0.2) is 9.78 Å². The highest BCUT2D eigenvalue weighted by atomic mass is 32.1. The SMILES string of the molecule is CNc1nc(CCNC(=O)N2CCOCC2)cs1. The van der Waals surface area contributed by atoms with E-state index in [2.05, 4.69) is 15.6 Å². The first kappa shape index (κ1) is 13.1. The number of morpholine rings is 1. The summed E-state index contributed by atoms with van der Waals surface area (Å²) < 4.78 is 5.20. The average molecular weight is 270 g/mol. The van der Waals surface area contributed by atoms with Crippen molar-refractivity contribution in [3.63, 3.8) is 0 Å². The van der Waals surface area contributed by atoms with Gasteiger partial charge in [0.05, 0.1) is 18.9 Å². The van der Waals surface area contributed by atoms with Gasteiger partial charge in [-0.05, 0) is 0 Å². The summed E-state index contributed by atoms with van der Waals surface area (Å²) >= 11 is 1.57. The van der Waals surface area contributed by atoms with Crippen molar-refractivity contribution in [3.8, 4) is 0 Å². The van der Waals surface area contributed by atoms with E-state index in [0.29, 0.717) is 32.8 Å². The Morgan fingerprint density at radius 1 is 1.56 bits per heavy atom. The van der Waals surface area contributed by atoms with Crippen molar-refractivity contribution in [1.82, 2.24) is 15.2 Å².